The molecule has 0 radical (unpaired) electrons. The summed E-state index contributed by atoms with van der Waals surface area (Å²) in [5, 5.41) is 25.6. The number of hydrogen-bond donors (Lipinski definition) is 1. The Kier molecular flexibility index (Phi) is 4.71. The van der Waals surface area contributed by atoms with Crippen LogP contribution in [0.15, 0.2) is 52.4 Å². The van der Waals surface area contributed by atoms with E-state index in [2.05, 4.69) is 28.1 Å². The number of nitrogens with zero attached hydrogens (tertiary/aromatic N) is 6. The fourth-order valence-corrected chi connectivity index (χ4v) is 6.02. The molecular formula is C27H24N6O2. The van der Waals surface area contributed by atoms with Crippen molar-refractivity contribution < 1.29 is 9.63 Å². The minimum Gasteiger partial charge on any atom is -0.511 e. The Morgan fingerprint density at radius 1 is 1.14 bits per heavy atom. The van der Waals surface area contributed by atoms with Crippen molar-refractivity contribution in [1.29, 1.82) is 5.26 Å². The second-order valence-corrected chi connectivity index (χ2v) is 9.74. The van der Waals surface area contributed by atoms with Crippen LogP contribution in [-0.2, 0) is 11.8 Å². The molecule has 1 N–H and O–H groups in total. The van der Waals surface area contributed by atoms with E-state index in [1.165, 1.54) is 0 Å². The van der Waals surface area contributed by atoms with Gasteiger partial charge in [-0.15, -0.1) is 0 Å². The minimum atomic E-state index is -0.446. The lowest BCUT2D eigenvalue weighted by Gasteiger charge is -2.48. The zero-order valence-corrected chi connectivity index (χ0v) is 19.8. The predicted octanol–water partition coefficient (Wildman–Crippen LogP) is 5.25. The first kappa shape index (κ1) is 21.4. The van der Waals surface area contributed by atoms with Crippen LogP contribution in [0.25, 0.3) is 33.8 Å². The Morgan fingerprint density at radius 3 is 2.74 bits per heavy atom. The second-order valence-electron chi connectivity index (χ2n) is 9.74. The van der Waals surface area contributed by atoms with Gasteiger partial charge in [-0.25, -0.2) is 9.97 Å². The first-order chi connectivity index (χ1) is 16.9. The third kappa shape index (κ3) is 3.15. The van der Waals surface area contributed by atoms with E-state index in [9.17, 15) is 10.4 Å². The zero-order chi connectivity index (χ0) is 24.3. The molecule has 3 atom stereocenters. The van der Waals surface area contributed by atoms with Gasteiger partial charge in [0.15, 0.2) is 5.82 Å². The number of fused-ring (bicyclic) bond motifs is 4. The SMILES string of the molecule is Cc1nc(-c2nc(-c3ccnc4ccccc34)nc3c2CC[C@@H]2[C@@H](C)C(O)=C(C#N)C[C@@]32C)no1. The number of aliphatic hydroxyl groups is 1. The van der Waals surface area contributed by atoms with Gasteiger partial charge in [0.1, 0.15) is 11.5 Å². The number of pyridine rings is 1. The lowest BCUT2D eigenvalue weighted by molar-refractivity contribution is 0.136. The second kappa shape index (κ2) is 7.70. The van der Waals surface area contributed by atoms with Crippen LogP contribution in [0.4, 0.5) is 0 Å². The average molecular weight is 465 g/mol. The highest BCUT2D eigenvalue weighted by atomic mass is 16.5. The molecule has 0 fully saturated rings. The van der Waals surface area contributed by atoms with Gasteiger partial charge in [-0.05, 0) is 37.3 Å². The molecule has 0 bridgehead atoms. The number of hydrogen-bond acceptors (Lipinski definition) is 8. The standard InChI is InChI=1S/C27H24N6O2/c1-14-20-9-8-19-22(26-30-15(2)35-33-26)31-25(18-10-11-29-21-7-5-4-6-17(18)21)32-24(19)27(20,3)12-16(13-28)23(14)34/h4-7,10-11,14,20,34H,8-9,12H2,1-3H3/t14-,20-,27-/m1/s1. The first-order valence-corrected chi connectivity index (χ1v) is 11.8. The molecule has 8 heteroatoms. The molecule has 3 aromatic heterocycles. The van der Waals surface area contributed by atoms with E-state index >= 15 is 0 Å². The predicted molar refractivity (Wildman–Crippen MR) is 129 cm³/mol. The highest BCUT2D eigenvalue weighted by Crippen LogP contribution is 2.54. The molecule has 0 amide bonds. The summed E-state index contributed by atoms with van der Waals surface area (Å²) in [5.41, 5.74) is 4.24. The van der Waals surface area contributed by atoms with Gasteiger partial charge in [0.2, 0.25) is 11.7 Å². The number of nitriles is 1. The Hall–Kier alpha value is -4.12. The molecule has 1 aromatic carbocycles. The lowest BCUT2D eigenvalue weighted by Crippen LogP contribution is -2.45. The molecule has 3 heterocycles. The third-order valence-corrected chi connectivity index (χ3v) is 7.72. The Labute approximate surface area is 202 Å². The maximum absolute atomic E-state index is 10.7. The van der Waals surface area contributed by atoms with Crippen molar-refractivity contribution in [3.63, 3.8) is 0 Å². The number of aryl methyl sites for hydroxylation is 1. The zero-order valence-electron chi connectivity index (χ0n) is 19.8. The maximum atomic E-state index is 10.7. The van der Waals surface area contributed by atoms with Crippen molar-refractivity contribution in [3.05, 3.63) is 65.0 Å². The van der Waals surface area contributed by atoms with Crippen LogP contribution >= 0.6 is 0 Å². The largest absolute Gasteiger partial charge is 0.511 e. The quantitative estimate of drug-likeness (QED) is 0.427. The summed E-state index contributed by atoms with van der Waals surface area (Å²) in [7, 11) is 0. The van der Waals surface area contributed by atoms with E-state index in [0.717, 1.165) is 40.6 Å². The van der Waals surface area contributed by atoms with Crippen molar-refractivity contribution in [1.82, 2.24) is 25.1 Å². The summed E-state index contributed by atoms with van der Waals surface area (Å²) in [4.78, 5) is 19.1. The third-order valence-electron chi connectivity index (χ3n) is 7.72. The maximum Gasteiger partial charge on any atom is 0.223 e. The smallest absolute Gasteiger partial charge is 0.223 e. The Morgan fingerprint density at radius 2 is 1.97 bits per heavy atom. The topological polar surface area (TPSA) is 122 Å². The van der Waals surface area contributed by atoms with Crippen molar-refractivity contribution in [3.8, 4) is 29.0 Å². The van der Waals surface area contributed by atoms with Crippen LogP contribution in [0.2, 0.25) is 0 Å². The summed E-state index contributed by atoms with van der Waals surface area (Å²) < 4.78 is 5.31. The molecule has 0 saturated carbocycles. The van der Waals surface area contributed by atoms with Crippen molar-refractivity contribution in [2.24, 2.45) is 11.8 Å². The van der Waals surface area contributed by atoms with E-state index in [0.29, 0.717) is 35.2 Å². The van der Waals surface area contributed by atoms with Gasteiger partial charge in [-0.2, -0.15) is 10.2 Å². The first-order valence-electron chi connectivity index (χ1n) is 11.8. The van der Waals surface area contributed by atoms with E-state index < -0.39 is 5.41 Å². The van der Waals surface area contributed by atoms with Crippen molar-refractivity contribution in [2.45, 2.75) is 45.4 Å². The van der Waals surface area contributed by atoms with Crippen LogP contribution < -0.4 is 0 Å². The normalized spacial score (nSPS) is 23.6. The highest BCUT2D eigenvalue weighted by molar-refractivity contribution is 5.92. The van der Waals surface area contributed by atoms with E-state index in [1.54, 1.807) is 13.1 Å². The number of aliphatic hydroxyl groups excluding tert-OH is 1. The van der Waals surface area contributed by atoms with Gasteiger partial charge >= 0.3 is 0 Å². The minimum absolute atomic E-state index is 0.132. The summed E-state index contributed by atoms with van der Waals surface area (Å²) in [6.45, 7) is 5.92. The van der Waals surface area contributed by atoms with E-state index in [-0.39, 0.29) is 17.6 Å². The molecule has 6 rings (SSSR count). The van der Waals surface area contributed by atoms with Crippen LogP contribution in [0.3, 0.4) is 0 Å². The molecule has 0 unspecified atom stereocenters. The van der Waals surface area contributed by atoms with E-state index in [4.69, 9.17) is 14.5 Å². The fraction of sp³-hybridized carbons (Fsp3) is 0.333. The van der Waals surface area contributed by atoms with E-state index in [1.807, 2.05) is 37.3 Å². The highest BCUT2D eigenvalue weighted by Gasteiger charge is 2.50. The van der Waals surface area contributed by atoms with Gasteiger partial charge in [0.05, 0.1) is 22.9 Å². The fourth-order valence-electron chi connectivity index (χ4n) is 6.02. The summed E-state index contributed by atoms with van der Waals surface area (Å²) >= 11 is 0. The van der Waals surface area contributed by atoms with Gasteiger partial charge in [0.25, 0.3) is 0 Å². The summed E-state index contributed by atoms with van der Waals surface area (Å²) in [6.07, 6.45) is 3.77. The monoisotopic (exact) mass is 464 g/mol. The van der Waals surface area contributed by atoms with Crippen LogP contribution in [-0.4, -0.2) is 30.2 Å². The molecule has 0 saturated heterocycles. The number of benzene rings is 1. The number of aromatic nitrogens is 5. The molecule has 8 nitrogen and oxygen atoms in total. The Balaban J connectivity index is 1.65. The van der Waals surface area contributed by atoms with Gasteiger partial charge in [-0.3, -0.25) is 4.98 Å². The lowest BCUT2D eigenvalue weighted by atomic mass is 9.56. The molecule has 0 spiro atoms. The van der Waals surface area contributed by atoms with Crippen LogP contribution in [0, 0.1) is 30.1 Å². The van der Waals surface area contributed by atoms with Gasteiger partial charge in [-0.1, -0.05) is 37.2 Å². The van der Waals surface area contributed by atoms with Crippen molar-refractivity contribution in [2.75, 3.05) is 0 Å². The Bertz CT molecular complexity index is 1560. The molecule has 35 heavy (non-hydrogen) atoms. The summed E-state index contributed by atoms with van der Waals surface area (Å²) in [5.74, 6) is 1.68. The molecule has 4 aromatic rings. The number of allylic oxidation sites excluding steroid dienone is 2. The van der Waals surface area contributed by atoms with Gasteiger partial charge < -0.3 is 9.63 Å². The number of para-hydroxylation sites is 1. The molecular weight excluding hydrogens is 440 g/mol. The molecule has 2 aliphatic rings. The van der Waals surface area contributed by atoms with Crippen LogP contribution in [0.5, 0.6) is 0 Å². The molecule has 174 valence electrons. The average Bonchev–Trinajstić information content (AvgIpc) is 3.31. The van der Waals surface area contributed by atoms with Crippen LogP contribution in [0.1, 0.15) is 43.8 Å². The number of rotatable bonds is 2. The van der Waals surface area contributed by atoms with Crippen molar-refractivity contribution >= 4 is 10.9 Å². The molecule has 0 aliphatic heterocycles. The summed E-state index contributed by atoms with van der Waals surface area (Å²) in [6, 6.07) is 12.1. The molecule has 2 aliphatic carbocycles. The van der Waals surface area contributed by atoms with Gasteiger partial charge in [0, 0.05) is 41.0 Å².